The van der Waals surface area contributed by atoms with Crippen molar-refractivity contribution in [1.29, 1.82) is 0 Å². The van der Waals surface area contributed by atoms with E-state index >= 15 is 0 Å². The first-order valence-electron chi connectivity index (χ1n) is 9.84. The van der Waals surface area contributed by atoms with Crippen molar-refractivity contribution in [3.05, 3.63) is 52.6 Å². The molecule has 1 fully saturated rings. The van der Waals surface area contributed by atoms with Gasteiger partial charge in [0.25, 0.3) is 5.91 Å². The summed E-state index contributed by atoms with van der Waals surface area (Å²) in [7, 11) is 1.52. The lowest BCUT2D eigenvalue weighted by Gasteiger charge is -2.21. The van der Waals surface area contributed by atoms with E-state index in [-0.39, 0.29) is 12.4 Å². The normalized spacial score (nSPS) is 21.8. The number of esters is 2. The highest BCUT2D eigenvalue weighted by Gasteiger charge is 2.47. The van der Waals surface area contributed by atoms with E-state index in [1.165, 1.54) is 33.2 Å². The van der Waals surface area contributed by atoms with Crippen LogP contribution in [0.4, 0.5) is 5.82 Å². The number of ether oxygens (including phenoxy) is 4. The maximum atomic E-state index is 12.7. The number of methoxy groups -OCH3 is 1. The lowest BCUT2D eigenvalue weighted by molar-refractivity contribution is -0.153. The topological polar surface area (TPSA) is 135 Å². The molecule has 33 heavy (non-hydrogen) atoms. The Morgan fingerprint density at radius 2 is 1.85 bits per heavy atom. The van der Waals surface area contributed by atoms with Gasteiger partial charge in [-0.2, -0.15) is 4.98 Å². The van der Waals surface area contributed by atoms with E-state index in [4.69, 9.17) is 18.9 Å². The van der Waals surface area contributed by atoms with Gasteiger partial charge in [-0.15, -0.1) is 0 Å². The molecule has 2 heterocycles. The highest BCUT2D eigenvalue weighted by atomic mass is 79.9. The highest BCUT2D eigenvalue weighted by Crippen LogP contribution is 2.35. The van der Waals surface area contributed by atoms with Crippen molar-refractivity contribution < 1.29 is 33.3 Å². The van der Waals surface area contributed by atoms with E-state index in [0.29, 0.717) is 11.3 Å². The smallest absolute Gasteiger partial charge is 0.351 e. The lowest BCUT2D eigenvalue weighted by Crippen LogP contribution is -2.37. The van der Waals surface area contributed by atoms with Crippen LogP contribution >= 0.6 is 15.9 Å². The van der Waals surface area contributed by atoms with E-state index in [0.717, 1.165) is 4.57 Å². The number of hydrogen-bond donors (Lipinski definition) is 1. The fourth-order valence-corrected chi connectivity index (χ4v) is 3.82. The van der Waals surface area contributed by atoms with Crippen LogP contribution in [0.1, 0.15) is 30.4 Å². The molecule has 3 rings (SSSR count). The van der Waals surface area contributed by atoms with Crippen LogP contribution in [0.15, 0.2) is 41.3 Å². The van der Waals surface area contributed by atoms with Crippen molar-refractivity contribution >= 4 is 39.6 Å². The Balaban J connectivity index is 1.78. The lowest BCUT2D eigenvalue weighted by atomic mass is 10.2. The molecule has 1 aliphatic heterocycles. The molecule has 1 aromatic carbocycles. The predicted molar refractivity (Wildman–Crippen MR) is 118 cm³/mol. The minimum atomic E-state index is -1.02. The van der Waals surface area contributed by atoms with Crippen molar-refractivity contribution in [2.24, 2.45) is 0 Å². The minimum absolute atomic E-state index is 0.0333. The fraction of sp³-hybridized carbons (Fsp3) is 0.381. The molecule has 0 bridgehead atoms. The SMILES string of the molecule is COc1ccc(C(=O)Nc2ccn([C@@H]3O[C@H](COC(C)=O)[C@H](Br)[C@H]3OC(C)=O)c(=O)n2)cc1. The second kappa shape index (κ2) is 10.6. The third-order valence-electron chi connectivity index (χ3n) is 4.72. The number of anilines is 1. The first kappa shape index (κ1) is 24.4. The summed E-state index contributed by atoms with van der Waals surface area (Å²) < 4.78 is 22.4. The maximum absolute atomic E-state index is 12.7. The number of amides is 1. The zero-order valence-electron chi connectivity index (χ0n) is 18.0. The first-order valence-corrected chi connectivity index (χ1v) is 10.8. The number of hydrogen-bond acceptors (Lipinski definition) is 9. The molecule has 1 N–H and O–H groups in total. The summed E-state index contributed by atoms with van der Waals surface area (Å²) in [6.07, 6.45) is -1.22. The molecule has 0 radical (unpaired) electrons. The zero-order chi connectivity index (χ0) is 24.1. The van der Waals surface area contributed by atoms with Gasteiger partial charge in [0.15, 0.2) is 12.3 Å². The van der Waals surface area contributed by atoms with Gasteiger partial charge in [-0.05, 0) is 30.3 Å². The van der Waals surface area contributed by atoms with E-state index in [9.17, 15) is 19.2 Å². The fourth-order valence-electron chi connectivity index (χ4n) is 3.18. The summed E-state index contributed by atoms with van der Waals surface area (Å²) in [5.74, 6) is -0.898. The van der Waals surface area contributed by atoms with Crippen molar-refractivity contribution in [3.8, 4) is 5.75 Å². The zero-order valence-corrected chi connectivity index (χ0v) is 19.6. The van der Waals surface area contributed by atoms with Crippen LogP contribution in [-0.2, 0) is 23.8 Å². The quantitative estimate of drug-likeness (QED) is 0.424. The van der Waals surface area contributed by atoms with Gasteiger partial charge in [-0.3, -0.25) is 19.0 Å². The maximum Gasteiger partial charge on any atom is 0.351 e. The number of rotatable bonds is 7. The summed E-state index contributed by atoms with van der Waals surface area (Å²) >= 11 is 3.40. The molecule has 1 amide bonds. The van der Waals surface area contributed by atoms with Crippen LogP contribution in [0.25, 0.3) is 0 Å². The van der Waals surface area contributed by atoms with Gasteiger partial charge in [0.2, 0.25) is 0 Å². The van der Waals surface area contributed by atoms with Gasteiger partial charge in [0.1, 0.15) is 24.3 Å². The molecule has 2 aromatic rings. The molecule has 0 saturated carbocycles. The van der Waals surface area contributed by atoms with Crippen LogP contribution in [-0.4, -0.2) is 58.1 Å². The largest absolute Gasteiger partial charge is 0.497 e. The predicted octanol–water partition coefficient (Wildman–Crippen LogP) is 1.66. The molecule has 12 heteroatoms. The average Bonchev–Trinajstić information content (AvgIpc) is 3.07. The molecular formula is C21H22BrN3O8. The Bertz CT molecular complexity index is 1090. The highest BCUT2D eigenvalue weighted by molar-refractivity contribution is 9.09. The second-order valence-electron chi connectivity index (χ2n) is 7.07. The Hall–Kier alpha value is -3.25. The molecule has 1 saturated heterocycles. The third-order valence-corrected chi connectivity index (χ3v) is 5.83. The molecule has 176 valence electrons. The van der Waals surface area contributed by atoms with Crippen LogP contribution in [0, 0.1) is 0 Å². The van der Waals surface area contributed by atoms with Gasteiger partial charge < -0.3 is 24.3 Å². The summed E-state index contributed by atoms with van der Waals surface area (Å²) in [6, 6.07) is 7.83. The summed E-state index contributed by atoms with van der Waals surface area (Å²) in [5.41, 5.74) is -0.385. The minimum Gasteiger partial charge on any atom is -0.497 e. The number of halogens is 1. The molecular weight excluding hydrogens is 502 g/mol. The van der Waals surface area contributed by atoms with E-state index in [1.807, 2.05) is 0 Å². The number of nitrogens with one attached hydrogen (secondary N) is 1. The van der Waals surface area contributed by atoms with Crippen LogP contribution in [0.2, 0.25) is 0 Å². The van der Waals surface area contributed by atoms with E-state index in [1.54, 1.807) is 24.3 Å². The van der Waals surface area contributed by atoms with E-state index in [2.05, 4.69) is 26.2 Å². The molecule has 11 nitrogen and oxygen atoms in total. The van der Waals surface area contributed by atoms with Crippen LogP contribution < -0.4 is 15.7 Å². The summed E-state index contributed by atoms with van der Waals surface area (Å²) in [4.78, 5) is 51.2. The monoisotopic (exact) mass is 523 g/mol. The Kier molecular flexibility index (Phi) is 7.82. The third kappa shape index (κ3) is 5.96. The van der Waals surface area contributed by atoms with Crippen molar-refractivity contribution in [3.63, 3.8) is 0 Å². The second-order valence-corrected chi connectivity index (χ2v) is 8.13. The first-order chi connectivity index (χ1) is 15.7. The molecule has 1 aliphatic rings. The van der Waals surface area contributed by atoms with Gasteiger partial charge >= 0.3 is 17.6 Å². The van der Waals surface area contributed by atoms with Crippen molar-refractivity contribution in [2.75, 3.05) is 19.0 Å². The van der Waals surface area contributed by atoms with Crippen molar-refractivity contribution in [1.82, 2.24) is 9.55 Å². The standard InChI is InChI=1S/C21H22BrN3O8/c1-11(26)31-10-15-17(22)18(32-12(2)27)20(33-15)25-9-8-16(24-21(25)29)23-19(28)13-4-6-14(30-3)7-5-13/h4-9,15,17-18,20H,10H2,1-3H3,(H,23,24,28,29)/t15-,17+,18-,20-/m1/s1. The Morgan fingerprint density at radius 1 is 1.15 bits per heavy atom. The Labute approximate surface area is 197 Å². The number of alkyl halides is 1. The number of carbonyl (C=O) groups excluding carboxylic acids is 3. The van der Waals surface area contributed by atoms with Gasteiger partial charge in [-0.25, -0.2) is 4.79 Å². The molecule has 1 aromatic heterocycles. The van der Waals surface area contributed by atoms with Gasteiger partial charge in [0.05, 0.1) is 11.9 Å². The molecule has 0 spiro atoms. The number of aromatic nitrogens is 2. The van der Waals surface area contributed by atoms with Gasteiger partial charge in [-0.1, -0.05) is 15.9 Å². The summed E-state index contributed by atoms with van der Waals surface area (Å²) in [6.45, 7) is 2.39. The number of carbonyl (C=O) groups is 3. The van der Waals surface area contributed by atoms with Crippen LogP contribution in [0.3, 0.4) is 0 Å². The van der Waals surface area contributed by atoms with Crippen molar-refractivity contribution in [2.45, 2.75) is 37.1 Å². The van der Waals surface area contributed by atoms with Crippen LogP contribution in [0.5, 0.6) is 5.75 Å². The Morgan fingerprint density at radius 3 is 2.42 bits per heavy atom. The van der Waals surface area contributed by atoms with Gasteiger partial charge in [0, 0.05) is 25.6 Å². The van der Waals surface area contributed by atoms with E-state index < -0.39 is 46.8 Å². The molecule has 0 unspecified atom stereocenters. The average molecular weight is 524 g/mol. The molecule has 0 aliphatic carbocycles. The molecule has 4 atom stereocenters. The number of nitrogens with zero attached hydrogens (tertiary/aromatic N) is 2. The number of benzene rings is 1. The summed E-state index contributed by atoms with van der Waals surface area (Å²) in [5, 5.41) is 2.55.